The lowest BCUT2D eigenvalue weighted by Crippen LogP contribution is -1.93. The summed E-state index contributed by atoms with van der Waals surface area (Å²) in [5, 5.41) is 0.998. The first-order chi connectivity index (χ1) is 7.60. The summed E-state index contributed by atoms with van der Waals surface area (Å²) in [7, 11) is 1.73. The summed E-state index contributed by atoms with van der Waals surface area (Å²) in [6, 6.07) is 4.31. The number of alkyl halides is 1. The number of methoxy groups -OCH3 is 1. The molecule has 0 aliphatic rings. The second kappa shape index (κ2) is 6.09. The summed E-state index contributed by atoms with van der Waals surface area (Å²) >= 11 is 3.44. The molecule has 1 nitrogen and oxygen atoms in total. The standard InChI is InChI=1S/C14H19BrO/c1-10(6-5-7-15)13-8-11(2)12(3)9-14(13)16-4/h6,8-9H,5,7H2,1-4H3/b10-6+. The molecule has 0 aliphatic heterocycles. The van der Waals surface area contributed by atoms with Gasteiger partial charge in [0.15, 0.2) is 0 Å². The van der Waals surface area contributed by atoms with E-state index in [0.717, 1.165) is 17.5 Å². The van der Waals surface area contributed by atoms with E-state index in [-0.39, 0.29) is 0 Å². The van der Waals surface area contributed by atoms with Crippen molar-refractivity contribution in [2.24, 2.45) is 0 Å². The highest BCUT2D eigenvalue weighted by Crippen LogP contribution is 2.29. The van der Waals surface area contributed by atoms with Gasteiger partial charge in [0.25, 0.3) is 0 Å². The van der Waals surface area contributed by atoms with E-state index in [1.807, 2.05) is 0 Å². The minimum absolute atomic E-state index is 0.964. The number of allylic oxidation sites excluding steroid dienone is 2. The molecule has 0 amide bonds. The van der Waals surface area contributed by atoms with Gasteiger partial charge in [0.2, 0.25) is 0 Å². The Labute approximate surface area is 107 Å². The molecular weight excluding hydrogens is 264 g/mol. The fraction of sp³-hybridized carbons (Fsp3) is 0.429. The first-order valence-corrected chi connectivity index (χ1v) is 6.60. The van der Waals surface area contributed by atoms with Gasteiger partial charge in [-0.2, -0.15) is 0 Å². The molecule has 0 heterocycles. The van der Waals surface area contributed by atoms with Crippen molar-refractivity contribution in [3.63, 3.8) is 0 Å². The zero-order valence-corrected chi connectivity index (χ0v) is 12.0. The number of benzene rings is 1. The molecule has 0 aliphatic carbocycles. The Hall–Kier alpha value is -0.760. The van der Waals surface area contributed by atoms with Crippen molar-refractivity contribution in [3.8, 4) is 5.75 Å². The molecule has 0 spiro atoms. The number of hydrogen-bond donors (Lipinski definition) is 0. The van der Waals surface area contributed by atoms with Gasteiger partial charge in [0.05, 0.1) is 7.11 Å². The van der Waals surface area contributed by atoms with Gasteiger partial charge in [-0.3, -0.25) is 0 Å². The smallest absolute Gasteiger partial charge is 0.126 e. The molecule has 1 aromatic rings. The minimum Gasteiger partial charge on any atom is -0.496 e. The molecule has 0 bridgehead atoms. The average Bonchev–Trinajstić information content (AvgIpc) is 2.28. The highest BCUT2D eigenvalue weighted by Gasteiger charge is 2.07. The Bertz CT molecular complexity index is 394. The maximum atomic E-state index is 5.43. The van der Waals surface area contributed by atoms with Gasteiger partial charge in [-0.05, 0) is 56.0 Å². The van der Waals surface area contributed by atoms with Crippen LogP contribution < -0.4 is 4.74 Å². The Morgan fingerprint density at radius 3 is 2.50 bits per heavy atom. The Kier molecular flexibility index (Phi) is 5.07. The molecular formula is C14H19BrO. The van der Waals surface area contributed by atoms with Crippen molar-refractivity contribution < 1.29 is 4.74 Å². The van der Waals surface area contributed by atoms with Crippen LogP contribution in [0.4, 0.5) is 0 Å². The van der Waals surface area contributed by atoms with E-state index in [0.29, 0.717) is 0 Å². The van der Waals surface area contributed by atoms with Crippen molar-refractivity contribution in [1.29, 1.82) is 0 Å². The number of hydrogen-bond acceptors (Lipinski definition) is 1. The normalized spacial score (nSPS) is 11.7. The minimum atomic E-state index is 0.964. The van der Waals surface area contributed by atoms with Crippen LogP contribution in [0.25, 0.3) is 5.57 Å². The van der Waals surface area contributed by atoms with E-state index in [4.69, 9.17) is 4.74 Å². The first kappa shape index (κ1) is 13.3. The summed E-state index contributed by atoms with van der Waals surface area (Å²) in [5.41, 5.74) is 5.06. The molecule has 16 heavy (non-hydrogen) atoms. The van der Waals surface area contributed by atoms with Crippen molar-refractivity contribution in [2.75, 3.05) is 12.4 Å². The van der Waals surface area contributed by atoms with Crippen molar-refractivity contribution in [2.45, 2.75) is 27.2 Å². The molecule has 2 heteroatoms. The summed E-state index contributed by atoms with van der Waals surface area (Å²) < 4.78 is 5.43. The molecule has 1 aromatic carbocycles. The van der Waals surface area contributed by atoms with Crippen LogP contribution in [0.1, 0.15) is 30.0 Å². The van der Waals surface area contributed by atoms with Gasteiger partial charge in [-0.25, -0.2) is 0 Å². The maximum Gasteiger partial charge on any atom is 0.126 e. The van der Waals surface area contributed by atoms with Crippen molar-refractivity contribution >= 4 is 21.5 Å². The van der Waals surface area contributed by atoms with Crippen LogP contribution in [0.5, 0.6) is 5.75 Å². The molecule has 0 saturated heterocycles. The largest absolute Gasteiger partial charge is 0.496 e. The monoisotopic (exact) mass is 282 g/mol. The van der Waals surface area contributed by atoms with E-state index >= 15 is 0 Å². The fourth-order valence-electron chi connectivity index (χ4n) is 1.65. The predicted octanol–water partition coefficient (Wildman–Crippen LogP) is 4.50. The molecule has 0 aromatic heterocycles. The fourth-order valence-corrected chi connectivity index (χ4v) is 1.88. The van der Waals surface area contributed by atoms with Crippen LogP contribution >= 0.6 is 15.9 Å². The summed E-state index contributed by atoms with van der Waals surface area (Å²) in [5.74, 6) is 0.964. The van der Waals surface area contributed by atoms with Crippen molar-refractivity contribution in [1.82, 2.24) is 0 Å². The van der Waals surface area contributed by atoms with E-state index in [9.17, 15) is 0 Å². The molecule has 0 atom stereocenters. The highest BCUT2D eigenvalue weighted by atomic mass is 79.9. The Morgan fingerprint density at radius 2 is 1.94 bits per heavy atom. The van der Waals surface area contributed by atoms with Crippen LogP contribution in [0.2, 0.25) is 0 Å². The lowest BCUT2D eigenvalue weighted by Gasteiger charge is -2.12. The third kappa shape index (κ3) is 3.11. The molecule has 0 saturated carbocycles. The predicted molar refractivity (Wildman–Crippen MR) is 74.5 cm³/mol. The van der Waals surface area contributed by atoms with Gasteiger partial charge >= 0.3 is 0 Å². The molecule has 0 radical (unpaired) electrons. The highest BCUT2D eigenvalue weighted by molar-refractivity contribution is 9.09. The summed E-state index contributed by atoms with van der Waals surface area (Å²) in [6.07, 6.45) is 3.28. The first-order valence-electron chi connectivity index (χ1n) is 5.48. The molecule has 0 unspecified atom stereocenters. The second-order valence-corrected chi connectivity index (χ2v) is 4.79. The lowest BCUT2D eigenvalue weighted by molar-refractivity contribution is 0.413. The van der Waals surface area contributed by atoms with Crippen LogP contribution in [-0.4, -0.2) is 12.4 Å². The van der Waals surface area contributed by atoms with E-state index in [1.165, 1.54) is 22.3 Å². The van der Waals surface area contributed by atoms with Gasteiger partial charge in [0.1, 0.15) is 5.75 Å². The van der Waals surface area contributed by atoms with E-state index in [1.54, 1.807) is 7.11 Å². The number of ether oxygens (including phenoxy) is 1. The van der Waals surface area contributed by atoms with Crippen LogP contribution in [0.15, 0.2) is 18.2 Å². The third-order valence-corrected chi connectivity index (χ3v) is 3.26. The number of rotatable bonds is 4. The molecule has 1 rings (SSSR count). The summed E-state index contributed by atoms with van der Waals surface area (Å²) in [6.45, 7) is 6.38. The average molecular weight is 283 g/mol. The summed E-state index contributed by atoms with van der Waals surface area (Å²) in [4.78, 5) is 0. The Balaban J connectivity index is 3.16. The van der Waals surface area contributed by atoms with Crippen LogP contribution in [-0.2, 0) is 0 Å². The van der Waals surface area contributed by atoms with Gasteiger partial charge < -0.3 is 4.74 Å². The molecule has 88 valence electrons. The number of halogens is 1. The third-order valence-electron chi connectivity index (χ3n) is 2.80. The molecule has 0 N–H and O–H groups in total. The lowest BCUT2D eigenvalue weighted by atomic mass is 9.99. The number of aryl methyl sites for hydroxylation is 2. The SMILES string of the molecule is COc1cc(C)c(C)cc1/C(C)=C/CCBr. The molecule has 0 fully saturated rings. The zero-order valence-electron chi connectivity index (χ0n) is 10.4. The van der Waals surface area contributed by atoms with Gasteiger partial charge in [-0.15, -0.1) is 0 Å². The van der Waals surface area contributed by atoms with E-state index in [2.05, 4.69) is 54.9 Å². The van der Waals surface area contributed by atoms with Gasteiger partial charge in [-0.1, -0.05) is 22.0 Å². The van der Waals surface area contributed by atoms with Gasteiger partial charge in [0, 0.05) is 10.9 Å². The maximum absolute atomic E-state index is 5.43. The second-order valence-electron chi connectivity index (χ2n) is 4.00. The van der Waals surface area contributed by atoms with Crippen LogP contribution in [0, 0.1) is 13.8 Å². The zero-order chi connectivity index (χ0) is 12.1. The Morgan fingerprint density at radius 1 is 1.31 bits per heavy atom. The van der Waals surface area contributed by atoms with E-state index < -0.39 is 0 Å². The van der Waals surface area contributed by atoms with Crippen molar-refractivity contribution in [3.05, 3.63) is 34.9 Å². The van der Waals surface area contributed by atoms with Crippen LogP contribution in [0.3, 0.4) is 0 Å². The topological polar surface area (TPSA) is 9.23 Å². The quantitative estimate of drug-likeness (QED) is 0.739.